The summed E-state index contributed by atoms with van der Waals surface area (Å²) in [6.07, 6.45) is 1.49. The van der Waals surface area contributed by atoms with Gasteiger partial charge >= 0.3 is 0 Å². The van der Waals surface area contributed by atoms with Crippen LogP contribution in [0.5, 0.6) is 0 Å². The first-order valence-corrected chi connectivity index (χ1v) is 8.83. The quantitative estimate of drug-likeness (QED) is 0.648. The normalized spacial score (nSPS) is 23.7. The summed E-state index contributed by atoms with van der Waals surface area (Å²) in [5, 5.41) is 13.6. The van der Waals surface area contributed by atoms with Gasteiger partial charge in [0.25, 0.3) is 0 Å². The molecular formula is C19H31N3O. The van der Waals surface area contributed by atoms with Gasteiger partial charge in [0.05, 0.1) is 12.6 Å². The molecule has 128 valence electrons. The average molecular weight is 317 g/mol. The lowest BCUT2D eigenvalue weighted by molar-refractivity contribution is 0.180. The van der Waals surface area contributed by atoms with E-state index in [4.69, 9.17) is 0 Å². The fourth-order valence-corrected chi connectivity index (χ4v) is 3.40. The molecule has 0 radical (unpaired) electrons. The van der Waals surface area contributed by atoms with Crippen LogP contribution in [-0.2, 0) is 6.42 Å². The highest BCUT2D eigenvalue weighted by molar-refractivity contribution is 5.80. The number of nitrogens with zero attached hydrogens (tertiary/aromatic N) is 2. The van der Waals surface area contributed by atoms with E-state index in [-0.39, 0.29) is 0 Å². The molecule has 0 saturated carbocycles. The number of likely N-dealkylation sites (tertiary alicyclic amines) is 1. The van der Waals surface area contributed by atoms with Crippen LogP contribution < -0.4 is 5.32 Å². The fourth-order valence-electron chi connectivity index (χ4n) is 3.40. The number of piperidine rings is 1. The number of aliphatic imine (C=N–C) groups is 1. The highest BCUT2D eigenvalue weighted by Crippen LogP contribution is 2.20. The Kier molecular flexibility index (Phi) is 6.90. The third kappa shape index (κ3) is 5.87. The molecule has 23 heavy (non-hydrogen) atoms. The van der Waals surface area contributed by atoms with Crippen molar-refractivity contribution in [3.63, 3.8) is 0 Å². The molecular weight excluding hydrogens is 286 g/mol. The lowest BCUT2D eigenvalue weighted by Gasteiger charge is -2.37. The minimum absolute atomic E-state index is 0.439. The van der Waals surface area contributed by atoms with Crippen molar-refractivity contribution in [1.82, 2.24) is 10.2 Å². The monoisotopic (exact) mass is 317 g/mol. The Labute approximate surface area is 140 Å². The zero-order valence-electron chi connectivity index (χ0n) is 14.7. The van der Waals surface area contributed by atoms with Crippen molar-refractivity contribution in [3.05, 3.63) is 35.9 Å². The minimum atomic E-state index is -0.439. The van der Waals surface area contributed by atoms with Gasteiger partial charge < -0.3 is 15.3 Å². The number of guanidine groups is 1. The number of hydrogen-bond acceptors (Lipinski definition) is 2. The summed E-state index contributed by atoms with van der Waals surface area (Å²) in [6.45, 7) is 10.1. The predicted octanol–water partition coefficient (Wildman–Crippen LogP) is 2.53. The molecule has 1 aliphatic rings. The van der Waals surface area contributed by atoms with Crippen molar-refractivity contribution < 1.29 is 5.11 Å². The minimum Gasteiger partial charge on any atom is -0.391 e. The summed E-state index contributed by atoms with van der Waals surface area (Å²) in [7, 11) is 0. The summed E-state index contributed by atoms with van der Waals surface area (Å²) >= 11 is 0. The average Bonchev–Trinajstić information content (AvgIpc) is 2.51. The van der Waals surface area contributed by atoms with E-state index in [2.05, 4.69) is 36.0 Å². The van der Waals surface area contributed by atoms with Gasteiger partial charge in [-0.15, -0.1) is 0 Å². The molecule has 1 fully saturated rings. The molecule has 3 atom stereocenters. The fraction of sp³-hybridized carbons (Fsp3) is 0.632. The van der Waals surface area contributed by atoms with E-state index >= 15 is 0 Å². The van der Waals surface area contributed by atoms with Crippen LogP contribution in [0, 0.1) is 11.8 Å². The van der Waals surface area contributed by atoms with E-state index in [0.29, 0.717) is 24.8 Å². The molecule has 2 rings (SSSR count). The molecule has 0 aromatic heterocycles. The summed E-state index contributed by atoms with van der Waals surface area (Å²) in [5.74, 6) is 2.33. The van der Waals surface area contributed by atoms with E-state index in [1.54, 1.807) is 0 Å². The number of aliphatic hydroxyl groups is 1. The lowest BCUT2D eigenvalue weighted by atomic mass is 9.92. The first-order valence-electron chi connectivity index (χ1n) is 8.83. The van der Waals surface area contributed by atoms with E-state index in [1.165, 1.54) is 6.42 Å². The number of hydrogen-bond donors (Lipinski definition) is 2. The number of rotatable bonds is 5. The van der Waals surface area contributed by atoms with Crippen LogP contribution in [0.4, 0.5) is 0 Å². The SMILES string of the molecule is CCNC(=NCC(O)Cc1ccccc1)N1CC(C)CC(C)C1. The highest BCUT2D eigenvalue weighted by Gasteiger charge is 2.24. The van der Waals surface area contributed by atoms with Crippen molar-refractivity contribution in [2.75, 3.05) is 26.2 Å². The molecule has 3 unspecified atom stereocenters. The zero-order chi connectivity index (χ0) is 16.7. The Morgan fingerprint density at radius 1 is 1.26 bits per heavy atom. The third-order valence-corrected chi connectivity index (χ3v) is 4.27. The van der Waals surface area contributed by atoms with Crippen molar-refractivity contribution in [2.45, 2.75) is 39.7 Å². The topological polar surface area (TPSA) is 47.9 Å². The Balaban J connectivity index is 1.95. The summed E-state index contributed by atoms with van der Waals surface area (Å²) in [6, 6.07) is 10.1. The molecule has 1 heterocycles. The van der Waals surface area contributed by atoms with Crippen LogP contribution in [-0.4, -0.2) is 48.2 Å². The summed E-state index contributed by atoms with van der Waals surface area (Å²) < 4.78 is 0. The van der Waals surface area contributed by atoms with Gasteiger partial charge in [0.2, 0.25) is 0 Å². The van der Waals surface area contributed by atoms with Gasteiger partial charge in [-0.1, -0.05) is 44.2 Å². The number of aliphatic hydroxyl groups excluding tert-OH is 1. The molecule has 0 bridgehead atoms. The van der Waals surface area contributed by atoms with Gasteiger partial charge in [0.15, 0.2) is 5.96 Å². The van der Waals surface area contributed by atoms with Gasteiger partial charge in [0, 0.05) is 26.1 Å². The maximum Gasteiger partial charge on any atom is 0.194 e. The van der Waals surface area contributed by atoms with E-state index in [0.717, 1.165) is 31.2 Å². The maximum atomic E-state index is 10.3. The third-order valence-electron chi connectivity index (χ3n) is 4.27. The first kappa shape index (κ1) is 17.8. The van der Waals surface area contributed by atoms with Gasteiger partial charge in [0.1, 0.15) is 0 Å². The standard InChI is InChI=1S/C19H31N3O/c1-4-20-19(22-13-15(2)10-16(3)14-22)21-12-18(23)11-17-8-6-5-7-9-17/h5-9,15-16,18,23H,4,10-14H2,1-3H3,(H,20,21). The molecule has 4 heteroatoms. The highest BCUT2D eigenvalue weighted by atomic mass is 16.3. The van der Waals surface area contributed by atoms with Crippen LogP contribution in [0.25, 0.3) is 0 Å². The number of benzene rings is 1. The second kappa shape index (κ2) is 8.92. The van der Waals surface area contributed by atoms with Crippen LogP contribution in [0.1, 0.15) is 32.8 Å². The number of nitrogens with one attached hydrogen (secondary N) is 1. The summed E-state index contributed by atoms with van der Waals surface area (Å²) in [5.41, 5.74) is 1.15. The first-order chi connectivity index (χ1) is 11.1. The maximum absolute atomic E-state index is 10.3. The van der Waals surface area contributed by atoms with Crippen molar-refractivity contribution in [3.8, 4) is 0 Å². The van der Waals surface area contributed by atoms with Gasteiger partial charge in [-0.3, -0.25) is 4.99 Å². The summed E-state index contributed by atoms with van der Waals surface area (Å²) in [4.78, 5) is 7.03. The Hall–Kier alpha value is -1.55. The van der Waals surface area contributed by atoms with Gasteiger partial charge in [-0.05, 0) is 30.7 Å². The molecule has 1 saturated heterocycles. The van der Waals surface area contributed by atoms with Crippen LogP contribution in [0.3, 0.4) is 0 Å². The largest absolute Gasteiger partial charge is 0.391 e. The molecule has 1 aromatic rings. The zero-order valence-corrected chi connectivity index (χ0v) is 14.7. The van der Waals surface area contributed by atoms with Gasteiger partial charge in [-0.2, -0.15) is 0 Å². The Morgan fingerprint density at radius 3 is 2.52 bits per heavy atom. The van der Waals surface area contributed by atoms with Crippen LogP contribution in [0.15, 0.2) is 35.3 Å². The molecule has 4 nitrogen and oxygen atoms in total. The van der Waals surface area contributed by atoms with E-state index in [1.807, 2.05) is 30.3 Å². The van der Waals surface area contributed by atoms with Crippen LogP contribution in [0.2, 0.25) is 0 Å². The van der Waals surface area contributed by atoms with E-state index in [9.17, 15) is 5.11 Å². The van der Waals surface area contributed by atoms with Crippen molar-refractivity contribution >= 4 is 5.96 Å². The smallest absolute Gasteiger partial charge is 0.194 e. The molecule has 0 amide bonds. The predicted molar refractivity (Wildman–Crippen MR) is 96.6 cm³/mol. The second-order valence-electron chi connectivity index (χ2n) is 6.89. The van der Waals surface area contributed by atoms with Crippen molar-refractivity contribution in [2.24, 2.45) is 16.8 Å². The molecule has 1 aliphatic heterocycles. The van der Waals surface area contributed by atoms with Gasteiger partial charge in [-0.25, -0.2) is 0 Å². The van der Waals surface area contributed by atoms with Crippen molar-refractivity contribution in [1.29, 1.82) is 0 Å². The molecule has 1 aromatic carbocycles. The molecule has 0 spiro atoms. The second-order valence-corrected chi connectivity index (χ2v) is 6.89. The Morgan fingerprint density at radius 2 is 1.91 bits per heavy atom. The molecule has 2 N–H and O–H groups in total. The van der Waals surface area contributed by atoms with E-state index < -0.39 is 6.10 Å². The van der Waals surface area contributed by atoms with Crippen LogP contribution >= 0.6 is 0 Å². The lowest BCUT2D eigenvalue weighted by Crippen LogP contribution is -2.48. The Bertz CT molecular complexity index is 479. The molecule has 0 aliphatic carbocycles.